The van der Waals surface area contributed by atoms with Gasteiger partial charge in [-0.25, -0.2) is 0 Å². The Morgan fingerprint density at radius 2 is 1.90 bits per heavy atom. The number of amides is 1. The number of carbonyl (C=O) groups excluding carboxylic acids is 1. The van der Waals surface area contributed by atoms with Crippen LogP contribution in [0, 0.1) is 29.6 Å². The van der Waals surface area contributed by atoms with Crippen LogP contribution in [0.1, 0.15) is 30.4 Å². The molecule has 1 aromatic carbocycles. The van der Waals surface area contributed by atoms with Crippen LogP contribution in [-0.4, -0.2) is 11.0 Å². The number of carbonyl (C=O) groups is 1. The SMILES string of the molecule is O=C(NCc1cccc(CO)c1)C1C2C3CCC(C3)C12. The summed E-state index contributed by atoms with van der Waals surface area (Å²) in [5.41, 5.74) is 1.97. The number of aliphatic hydroxyl groups is 1. The van der Waals surface area contributed by atoms with E-state index < -0.39 is 0 Å². The van der Waals surface area contributed by atoms with Crippen LogP contribution in [-0.2, 0) is 17.9 Å². The molecule has 0 aliphatic heterocycles. The monoisotopic (exact) mass is 271 g/mol. The van der Waals surface area contributed by atoms with E-state index in [1.807, 2.05) is 24.3 Å². The van der Waals surface area contributed by atoms with Crippen LogP contribution in [0.4, 0.5) is 0 Å². The lowest BCUT2D eigenvalue weighted by atomic mass is 10.0. The maximum atomic E-state index is 12.3. The third-order valence-electron chi connectivity index (χ3n) is 5.68. The third kappa shape index (κ3) is 1.87. The molecule has 3 heteroatoms. The third-order valence-corrected chi connectivity index (χ3v) is 5.68. The molecule has 2 N–H and O–H groups in total. The van der Waals surface area contributed by atoms with Gasteiger partial charge in [-0.05, 0) is 54.1 Å². The molecular weight excluding hydrogens is 250 g/mol. The van der Waals surface area contributed by atoms with E-state index in [0.717, 1.165) is 23.0 Å². The fraction of sp³-hybridized carbons (Fsp3) is 0.588. The molecule has 0 heterocycles. The first kappa shape index (κ1) is 12.4. The molecule has 3 nitrogen and oxygen atoms in total. The molecule has 0 spiro atoms. The van der Waals surface area contributed by atoms with Gasteiger partial charge in [-0.1, -0.05) is 24.3 Å². The van der Waals surface area contributed by atoms with Crippen molar-refractivity contribution in [2.45, 2.75) is 32.4 Å². The van der Waals surface area contributed by atoms with Crippen molar-refractivity contribution in [1.29, 1.82) is 0 Å². The van der Waals surface area contributed by atoms with Crippen molar-refractivity contribution in [2.24, 2.45) is 29.6 Å². The smallest absolute Gasteiger partial charge is 0.223 e. The van der Waals surface area contributed by atoms with Gasteiger partial charge in [0.05, 0.1) is 6.61 Å². The molecule has 106 valence electrons. The highest BCUT2D eigenvalue weighted by Crippen LogP contribution is 2.69. The van der Waals surface area contributed by atoms with Gasteiger partial charge in [-0.15, -0.1) is 0 Å². The second-order valence-electron chi connectivity index (χ2n) is 6.71. The molecule has 1 amide bonds. The van der Waals surface area contributed by atoms with E-state index in [1.165, 1.54) is 19.3 Å². The number of rotatable bonds is 4. The molecule has 3 aliphatic rings. The van der Waals surface area contributed by atoms with Crippen LogP contribution in [0.3, 0.4) is 0 Å². The Bertz CT molecular complexity index is 526. The fourth-order valence-corrected chi connectivity index (χ4v) is 4.82. The summed E-state index contributed by atoms with van der Waals surface area (Å²) in [5, 5.41) is 12.2. The maximum Gasteiger partial charge on any atom is 0.223 e. The van der Waals surface area contributed by atoms with Gasteiger partial charge in [-0.3, -0.25) is 4.79 Å². The van der Waals surface area contributed by atoms with E-state index in [-0.39, 0.29) is 12.5 Å². The summed E-state index contributed by atoms with van der Waals surface area (Å²) in [5.74, 6) is 3.67. The lowest BCUT2D eigenvalue weighted by molar-refractivity contribution is -0.123. The largest absolute Gasteiger partial charge is 0.392 e. The van der Waals surface area contributed by atoms with Crippen LogP contribution < -0.4 is 5.32 Å². The highest BCUT2D eigenvalue weighted by Gasteiger charge is 2.67. The van der Waals surface area contributed by atoms with Crippen molar-refractivity contribution >= 4 is 5.91 Å². The molecule has 4 rings (SSSR count). The predicted molar refractivity (Wildman–Crippen MR) is 75.5 cm³/mol. The van der Waals surface area contributed by atoms with Crippen LogP contribution in [0.15, 0.2) is 24.3 Å². The first-order valence-corrected chi connectivity index (χ1v) is 7.74. The van der Waals surface area contributed by atoms with Gasteiger partial charge in [0.1, 0.15) is 0 Å². The molecule has 0 aromatic heterocycles. The van der Waals surface area contributed by atoms with Crippen molar-refractivity contribution in [2.75, 3.05) is 0 Å². The van der Waals surface area contributed by atoms with Gasteiger partial charge in [0, 0.05) is 12.5 Å². The second kappa shape index (κ2) is 4.59. The molecule has 3 fully saturated rings. The minimum absolute atomic E-state index is 0.0535. The molecule has 4 unspecified atom stereocenters. The average molecular weight is 271 g/mol. The molecule has 4 atom stereocenters. The van der Waals surface area contributed by atoms with E-state index >= 15 is 0 Å². The summed E-state index contributed by atoms with van der Waals surface area (Å²) in [7, 11) is 0. The maximum absolute atomic E-state index is 12.3. The topological polar surface area (TPSA) is 49.3 Å². The molecule has 0 saturated heterocycles. The molecular formula is C17H21NO2. The molecule has 3 saturated carbocycles. The number of aliphatic hydroxyl groups excluding tert-OH is 1. The minimum Gasteiger partial charge on any atom is -0.392 e. The van der Waals surface area contributed by atoms with Gasteiger partial charge >= 0.3 is 0 Å². The standard InChI is InChI=1S/C17H21NO2/c19-9-11-3-1-2-10(6-11)8-18-17(20)16-14-12-4-5-13(7-12)15(14)16/h1-3,6,12-16,19H,4-5,7-9H2,(H,18,20). The molecule has 0 radical (unpaired) electrons. The Hall–Kier alpha value is -1.35. The Labute approximate surface area is 119 Å². The summed E-state index contributed by atoms with van der Waals surface area (Å²) >= 11 is 0. The summed E-state index contributed by atoms with van der Waals surface area (Å²) in [4.78, 5) is 12.3. The molecule has 20 heavy (non-hydrogen) atoms. The molecule has 1 aromatic rings. The number of hydrogen-bond donors (Lipinski definition) is 2. The number of benzene rings is 1. The quantitative estimate of drug-likeness (QED) is 0.881. The van der Waals surface area contributed by atoms with Gasteiger partial charge in [0.2, 0.25) is 5.91 Å². The number of hydrogen-bond acceptors (Lipinski definition) is 2. The van der Waals surface area contributed by atoms with Gasteiger partial charge < -0.3 is 10.4 Å². The zero-order valence-corrected chi connectivity index (χ0v) is 11.6. The van der Waals surface area contributed by atoms with E-state index in [0.29, 0.717) is 24.3 Å². The first-order valence-electron chi connectivity index (χ1n) is 7.74. The summed E-state index contributed by atoms with van der Waals surface area (Å²) in [6, 6.07) is 7.78. The predicted octanol–water partition coefficient (Wildman–Crippen LogP) is 2.09. The van der Waals surface area contributed by atoms with Gasteiger partial charge in [0.15, 0.2) is 0 Å². The minimum atomic E-state index is 0.0535. The summed E-state index contributed by atoms with van der Waals surface area (Å²) < 4.78 is 0. The normalized spacial score (nSPS) is 36.8. The van der Waals surface area contributed by atoms with Crippen molar-refractivity contribution in [3.63, 3.8) is 0 Å². The summed E-state index contributed by atoms with van der Waals surface area (Å²) in [6.07, 6.45) is 4.10. The van der Waals surface area contributed by atoms with Gasteiger partial charge in [0.25, 0.3) is 0 Å². The Kier molecular flexibility index (Phi) is 2.84. The van der Waals surface area contributed by atoms with E-state index in [1.54, 1.807) is 0 Å². The summed E-state index contributed by atoms with van der Waals surface area (Å²) in [6.45, 7) is 0.635. The number of nitrogens with one attached hydrogen (secondary N) is 1. The first-order chi connectivity index (χ1) is 9.78. The highest BCUT2D eigenvalue weighted by atomic mass is 16.3. The zero-order chi connectivity index (χ0) is 13.7. The molecule has 2 bridgehead atoms. The van der Waals surface area contributed by atoms with E-state index in [2.05, 4.69) is 5.32 Å². The van der Waals surface area contributed by atoms with Crippen molar-refractivity contribution in [3.8, 4) is 0 Å². The lowest BCUT2D eigenvalue weighted by Crippen LogP contribution is -2.27. The van der Waals surface area contributed by atoms with E-state index in [9.17, 15) is 4.79 Å². The Balaban J connectivity index is 1.35. The van der Waals surface area contributed by atoms with Crippen LogP contribution in [0.25, 0.3) is 0 Å². The molecule has 3 aliphatic carbocycles. The van der Waals surface area contributed by atoms with Crippen LogP contribution in [0.5, 0.6) is 0 Å². The van der Waals surface area contributed by atoms with Crippen molar-refractivity contribution in [1.82, 2.24) is 5.32 Å². The van der Waals surface area contributed by atoms with Crippen molar-refractivity contribution in [3.05, 3.63) is 35.4 Å². The van der Waals surface area contributed by atoms with Gasteiger partial charge in [-0.2, -0.15) is 0 Å². The Morgan fingerprint density at radius 1 is 1.20 bits per heavy atom. The average Bonchev–Trinajstić information content (AvgIpc) is 2.93. The number of fused-ring (bicyclic) bond motifs is 5. The Morgan fingerprint density at radius 3 is 2.60 bits per heavy atom. The zero-order valence-electron chi connectivity index (χ0n) is 11.6. The second-order valence-corrected chi connectivity index (χ2v) is 6.71. The van der Waals surface area contributed by atoms with Crippen LogP contribution in [0.2, 0.25) is 0 Å². The highest BCUT2D eigenvalue weighted by molar-refractivity contribution is 5.82. The van der Waals surface area contributed by atoms with E-state index in [4.69, 9.17) is 5.11 Å². The lowest BCUT2D eigenvalue weighted by Gasteiger charge is -2.10. The van der Waals surface area contributed by atoms with Crippen LogP contribution >= 0.6 is 0 Å². The van der Waals surface area contributed by atoms with Crippen molar-refractivity contribution < 1.29 is 9.90 Å². The fourth-order valence-electron chi connectivity index (χ4n) is 4.82.